The van der Waals surface area contributed by atoms with Gasteiger partial charge >= 0.3 is 0 Å². The zero-order valence-corrected chi connectivity index (χ0v) is 22.5. The van der Waals surface area contributed by atoms with Gasteiger partial charge < -0.3 is 0 Å². The molecule has 8 rings (SSSR count). The Balaban J connectivity index is 1.26. The lowest BCUT2D eigenvalue weighted by molar-refractivity contribution is 1.07. The van der Waals surface area contributed by atoms with E-state index in [4.69, 9.17) is 24.9 Å². The first-order chi connectivity index (χ1) is 20.8. The SMILES string of the molecule is c1ccc(-c2nc(-c3ccccc3)nc(-c3ccc(-c4cc5nc6ccccc6nc5c5ccccc45)cc3)n2)cc1. The second-order valence-corrected chi connectivity index (χ2v) is 10.2. The van der Waals surface area contributed by atoms with Crippen molar-refractivity contribution < 1.29 is 0 Å². The van der Waals surface area contributed by atoms with Crippen molar-refractivity contribution in [1.82, 2.24) is 24.9 Å². The van der Waals surface area contributed by atoms with Gasteiger partial charge in [0.05, 0.1) is 22.1 Å². The molecular weight excluding hydrogens is 514 g/mol. The number of nitrogens with zero attached hydrogens (tertiary/aromatic N) is 5. The van der Waals surface area contributed by atoms with Crippen molar-refractivity contribution in [3.05, 3.63) is 140 Å². The van der Waals surface area contributed by atoms with Crippen molar-refractivity contribution in [2.24, 2.45) is 0 Å². The van der Waals surface area contributed by atoms with E-state index in [2.05, 4.69) is 54.6 Å². The van der Waals surface area contributed by atoms with Gasteiger partial charge in [0, 0.05) is 22.1 Å². The maximum absolute atomic E-state index is 4.98. The topological polar surface area (TPSA) is 64.5 Å². The lowest BCUT2D eigenvalue weighted by Gasteiger charge is -2.12. The van der Waals surface area contributed by atoms with Crippen LogP contribution in [0, 0.1) is 0 Å². The average Bonchev–Trinajstić information content (AvgIpc) is 3.08. The van der Waals surface area contributed by atoms with Crippen LogP contribution in [0.4, 0.5) is 0 Å². The van der Waals surface area contributed by atoms with Gasteiger partial charge in [-0.15, -0.1) is 0 Å². The summed E-state index contributed by atoms with van der Waals surface area (Å²) in [5.74, 6) is 1.93. The van der Waals surface area contributed by atoms with Crippen LogP contribution in [0.3, 0.4) is 0 Å². The molecule has 0 N–H and O–H groups in total. The summed E-state index contributed by atoms with van der Waals surface area (Å²) < 4.78 is 0. The molecule has 0 bridgehead atoms. The maximum Gasteiger partial charge on any atom is 0.164 e. The Bertz CT molecular complexity index is 2170. The van der Waals surface area contributed by atoms with Gasteiger partial charge in [0.2, 0.25) is 0 Å². The first kappa shape index (κ1) is 24.0. The molecule has 42 heavy (non-hydrogen) atoms. The average molecular weight is 538 g/mol. The fourth-order valence-electron chi connectivity index (χ4n) is 5.43. The van der Waals surface area contributed by atoms with Crippen molar-refractivity contribution in [3.63, 3.8) is 0 Å². The van der Waals surface area contributed by atoms with E-state index in [-0.39, 0.29) is 0 Å². The van der Waals surface area contributed by atoms with Crippen molar-refractivity contribution in [2.75, 3.05) is 0 Å². The van der Waals surface area contributed by atoms with Crippen molar-refractivity contribution in [2.45, 2.75) is 0 Å². The molecule has 5 nitrogen and oxygen atoms in total. The predicted octanol–water partition coefficient (Wildman–Crippen LogP) is 8.79. The Morgan fingerprint density at radius 2 is 0.762 bits per heavy atom. The largest absolute Gasteiger partial charge is 0.244 e. The highest BCUT2D eigenvalue weighted by molar-refractivity contribution is 6.12. The van der Waals surface area contributed by atoms with Crippen LogP contribution >= 0.6 is 0 Å². The summed E-state index contributed by atoms with van der Waals surface area (Å²) in [6, 6.07) is 47.1. The summed E-state index contributed by atoms with van der Waals surface area (Å²) in [6.07, 6.45) is 0. The molecule has 0 aliphatic carbocycles. The minimum absolute atomic E-state index is 0.634. The molecule has 0 aliphatic rings. The molecule has 196 valence electrons. The highest BCUT2D eigenvalue weighted by atomic mass is 15.0. The number of fused-ring (bicyclic) bond motifs is 4. The van der Waals surface area contributed by atoms with Crippen LogP contribution in [0.2, 0.25) is 0 Å². The standard InChI is InChI=1S/C37H23N5/c1-3-11-25(12-4-1)35-40-36(26-13-5-2-6-14-26)42-37(41-35)27-21-19-24(20-22-27)30-23-33-34(29-16-8-7-15-28(29)30)39-32-18-10-9-17-31(32)38-33/h1-23H. The molecular formula is C37H23N5. The number of benzene rings is 6. The summed E-state index contributed by atoms with van der Waals surface area (Å²) >= 11 is 0. The smallest absolute Gasteiger partial charge is 0.164 e. The molecule has 0 fully saturated rings. The third kappa shape index (κ3) is 4.25. The van der Waals surface area contributed by atoms with Crippen molar-refractivity contribution in [3.8, 4) is 45.3 Å². The van der Waals surface area contributed by atoms with Crippen LogP contribution in [0.1, 0.15) is 0 Å². The third-order valence-electron chi connectivity index (χ3n) is 7.50. The zero-order valence-electron chi connectivity index (χ0n) is 22.5. The van der Waals surface area contributed by atoms with E-state index in [0.717, 1.165) is 60.7 Å². The molecule has 6 aromatic carbocycles. The summed E-state index contributed by atoms with van der Waals surface area (Å²) in [5, 5.41) is 2.23. The first-order valence-corrected chi connectivity index (χ1v) is 13.9. The van der Waals surface area contributed by atoms with Gasteiger partial charge in [-0.25, -0.2) is 24.9 Å². The number of rotatable bonds is 4. The van der Waals surface area contributed by atoms with Gasteiger partial charge in [-0.05, 0) is 34.7 Å². The molecule has 0 atom stereocenters. The van der Waals surface area contributed by atoms with Crippen molar-refractivity contribution >= 4 is 32.8 Å². The molecule has 0 aliphatic heterocycles. The van der Waals surface area contributed by atoms with Gasteiger partial charge in [-0.1, -0.05) is 121 Å². The molecule has 0 unspecified atom stereocenters. The molecule has 0 radical (unpaired) electrons. The monoisotopic (exact) mass is 537 g/mol. The molecule has 2 heterocycles. The third-order valence-corrected chi connectivity index (χ3v) is 7.50. The van der Waals surface area contributed by atoms with Crippen LogP contribution < -0.4 is 0 Å². The Morgan fingerprint density at radius 3 is 1.36 bits per heavy atom. The second kappa shape index (κ2) is 9.98. The van der Waals surface area contributed by atoms with Gasteiger partial charge in [0.25, 0.3) is 0 Å². The van der Waals surface area contributed by atoms with E-state index in [1.807, 2.05) is 84.9 Å². The van der Waals surface area contributed by atoms with Crippen molar-refractivity contribution in [1.29, 1.82) is 0 Å². The first-order valence-electron chi connectivity index (χ1n) is 13.9. The molecule has 0 saturated heterocycles. The van der Waals surface area contributed by atoms with E-state index in [0.29, 0.717) is 17.5 Å². The summed E-state index contributed by atoms with van der Waals surface area (Å²) in [7, 11) is 0. The Morgan fingerprint density at radius 1 is 0.310 bits per heavy atom. The fourth-order valence-corrected chi connectivity index (χ4v) is 5.43. The number of hydrogen-bond acceptors (Lipinski definition) is 5. The minimum Gasteiger partial charge on any atom is -0.244 e. The Labute approximate surface area is 242 Å². The highest BCUT2D eigenvalue weighted by Gasteiger charge is 2.14. The Hall–Kier alpha value is -5.81. The summed E-state index contributed by atoms with van der Waals surface area (Å²) in [6.45, 7) is 0. The molecule has 0 saturated carbocycles. The quantitative estimate of drug-likeness (QED) is 0.166. The van der Waals surface area contributed by atoms with E-state index < -0.39 is 0 Å². The molecule has 0 amide bonds. The molecule has 2 aromatic heterocycles. The fraction of sp³-hybridized carbons (Fsp3) is 0. The van der Waals surface area contributed by atoms with Crippen LogP contribution in [0.5, 0.6) is 0 Å². The summed E-state index contributed by atoms with van der Waals surface area (Å²) in [5.41, 5.74) is 8.60. The van der Waals surface area contributed by atoms with Gasteiger partial charge in [0.1, 0.15) is 0 Å². The highest BCUT2D eigenvalue weighted by Crippen LogP contribution is 2.35. The number of para-hydroxylation sites is 2. The molecule has 5 heteroatoms. The number of hydrogen-bond donors (Lipinski definition) is 0. The zero-order chi connectivity index (χ0) is 27.9. The lowest BCUT2D eigenvalue weighted by atomic mass is 9.96. The van der Waals surface area contributed by atoms with E-state index in [9.17, 15) is 0 Å². The van der Waals surface area contributed by atoms with E-state index in [1.54, 1.807) is 0 Å². The van der Waals surface area contributed by atoms with Crippen LogP contribution in [-0.2, 0) is 0 Å². The van der Waals surface area contributed by atoms with E-state index in [1.165, 1.54) is 0 Å². The Kier molecular flexibility index (Phi) is 5.71. The van der Waals surface area contributed by atoms with E-state index >= 15 is 0 Å². The van der Waals surface area contributed by atoms with Gasteiger partial charge in [-0.3, -0.25) is 0 Å². The number of aromatic nitrogens is 5. The summed E-state index contributed by atoms with van der Waals surface area (Å²) in [4.78, 5) is 24.5. The van der Waals surface area contributed by atoms with Crippen LogP contribution in [-0.4, -0.2) is 24.9 Å². The predicted molar refractivity (Wildman–Crippen MR) is 170 cm³/mol. The molecule has 8 aromatic rings. The second-order valence-electron chi connectivity index (χ2n) is 10.2. The van der Waals surface area contributed by atoms with Crippen LogP contribution in [0.25, 0.3) is 78.1 Å². The molecule has 0 spiro atoms. The lowest BCUT2D eigenvalue weighted by Crippen LogP contribution is -2.00. The minimum atomic E-state index is 0.634. The van der Waals surface area contributed by atoms with Gasteiger partial charge in [0.15, 0.2) is 17.5 Å². The maximum atomic E-state index is 4.98. The normalized spacial score (nSPS) is 11.3. The van der Waals surface area contributed by atoms with Gasteiger partial charge in [-0.2, -0.15) is 0 Å². The van der Waals surface area contributed by atoms with Crippen LogP contribution in [0.15, 0.2) is 140 Å².